The van der Waals surface area contributed by atoms with Gasteiger partial charge in [-0.15, -0.1) is 0 Å². The number of benzene rings is 2. The lowest BCUT2D eigenvalue weighted by molar-refractivity contribution is 0.102. The molecule has 2 aromatic rings. The van der Waals surface area contributed by atoms with Gasteiger partial charge in [-0.1, -0.05) is 19.9 Å². The molecule has 0 radical (unpaired) electrons. The molecular formula is C17H17F3N2O3S. The summed E-state index contributed by atoms with van der Waals surface area (Å²) >= 11 is 0. The number of carbonyl (C=O) groups excluding carboxylic acids is 1. The fraction of sp³-hybridized carbons (Fsp3) is 0.235. The molecule has 0 fully saturated rings. The molecule has 0 spiro atoms. The Balaban J connectivity index is 2.41. The van der Waals surface area contributed by atoms with Crippen LogP contribution in [0, 0.1) is 17.5 Å². The number of halogens is 3. The van der Waals surface area contributed by atoms with E-state index in [-0.39, 0.29) is 18.0 Å². The Bertz CT molecular complexity index is 929. The van der Waals surface area contributed by atoms with Crippen molar-refractivity contribution in [3.63, 3.8) is 0 Å². The third-order valence-corrected chi connectivity index (χ3v) is 5.77. The van der Waals surface area contributed by atoms with E-state index < -0.39 is 44.6 Å². The van der Waals surface area contributed by atoms with Gasteiger partial charge in [0.15, 0.2) is 11.6 Å². The molecule has 5 nitrogen and oxygen atoms in total. The van der Waals surface area contributed by atoms with Crippen LogP contribution in [0.3, 0.4) is 0 Å². The molecule has 0 saturated heterocycles. The van der Waals surface area contributed by atoms with E-state index in [0.29, 0.717) is 0 Å². The summed E-state index contributed by atoms with van der Waals surface area (Å²) < 4.78 is 67.0. The second-order valence-electron chi connectivity index (χ2n) is 5.29. The van der Waals surface area contributed by atoms with Crippen LogP contribution in [0.5, 0.6) is 0 Å². The predicted octanol–water partition coefficient (Wildman–Crippen LogP) is 3.39. The van der Waals surface area contributed by atoms with E-state index >= 15 is 0 Å². The van der Waals surface area contributed by atoms with Gasteiger partial charge in [-0.2, -0.15) is 4.31 Å². The number of hydrogen-bond donors (Lipinski definition) is 1. The SMILES string of the molecule is CCN(CC)S(=O)(=O)c1ccc(F)c(C(=O)Nc2cccc(F)c2F)c1. The summed E-state index contributed by atoms with van der Waals surface area (Å²) in [6, 6.07) is 5.89. The molecule has 0 atom stereocenters. The minimum absolute atomic E-state index is 0.201. The topological polar surface area (TPSA) is 66.5 Å². The summed E-state index contributed by atoms with van der Waals surface area (Å²) in [5.74, 6) is -4.56. The maximum Gasteiger partial charge on any atom is 0.258 e. The first-order chi connectivity index (χ1) is 12.2. The maximum absolute atomic E-state index is 14.0. The minimum atomic E-state index is -3.91. The Kier molecular flexibility index (Phi) is 6.04. The van der Waals surface area contributed by atoms with E-state index in [2.05, 4.69) is 0 Å². The molecule has 0 aliphatic carbocycles. The second-order valence-corrected chi connectivity index (χ2v) is 7.22. The molecule has 140 valence electrons. The van der Waals surface area contributed by atoms with Gasteiger partial charge in [0.2, 0.25) is 10.0 Å². The van der Waals surface area contributed by atoms with Gasteiger partial charge in [0.05, 0.1) is 16.1 Å². The number of sulfonamides is 1. The highest BCUT2D eigenvalue weighted by Gasteiger charge is 2.24. The molecule has 0 aliphatic heterocycles. The fourth-order valence-corrected chi connectivity index (χ4v) is 3.83. The van der Waals surface area contributed by atoms with Crippen LogP contribution < -0.4 is 5.32 Å². The van der Waals surface area contributed by atoms with Crippen LogP contribution >= 0.6 is 0 Å². The van der Waals surface area contributed by atoms with Gasteiger partial charge in [-0.05, 0) is 30.3 Å². The summed E-state index contributed by atoms with van der Waals surface area (Å²) in [5.41, 5.74) is -1.08. The highest BCUT2D eigenvalue weighted by atomic mass is 32.2. The molecule has 0 aliphatic rings. The van der Waals surface area contributed by atoms with Gasteiger partial charge >= 0.3 is 0 Å². The van der Waals surface area contributed by atoms with Crippen molar-refractivity contribution in [1.82, 2.24) is 4.31 Å². The minimum Gasteiger partial charge on any atom is -0.319 e. The van der Waals surface area contributed by atoms with Crippen LogP contribution in [-0.4, -0.2) is 31.7 Å². The van der Waals surface area contributed by atoms with Crippen LogP contribution in [0.2, 0.25) is 0 Å². The zero-order chi connectivity index (χ0) is 19.5. The summed E-state index contributed by atoms with van der Waals surface area (Å²) in [6.07, 6.45) is 0. The van der Waals surface area contributed by atoms with Crippen LogP contribution in [0.1, 0.15) is 24.2 Å². The molecule has 0 saturated carbocycles. The number of carbonyl (C=O) groups is 1. The van der Waals surface area contributed by atoms with Crippen molar-refractivity contribution in [2.45, 2.75) is 18.7 Å². The zero-order valence-corrected chi connectivity index (χ0v) is 14.9. The first-order valence-electron chi connectivity index (χ1n) is 7.77. The molecular weight excluding hydrogens is 369 g/mol. The van der Waals surface area contributed by atoms with E-state index in [4.69, 9.17) is 0 Å². The van der Waals surface area contributed by atoms with E-state index in [1.807, 2.05) is 5.32 Å². The highest BCUT2D eigenvalue weighted by Crippen LogP contribution is 2.22. The quantitative estimate of drug-likeness (QED) is 0.828. The second kappa shape index (κ2) is 7.88. The molecule has 0 heterocycles. The molecule has 9 heteroatoms. The first-order valence-corrected chi connectivity index (χ1v) is 9.21. The summed E-state index contributed by atoms with van der Waals surface area (Å²) in [7, 11) is -3.91. The van der Waals surface area contributed by atoms with Crippen molar-refractivity contribution in [3.8, 4) is 0 Å². The largest absolute Gasteiger partial charge is 0.319 e. The van der Waals surface area contributed by atoms with Crippen molar-refractivity contribution in [2.75, 3.05) is 18.4 Å². The van der Waals surface area contributed by atoms with Gasteiger partial charge < -0.3 is 5.32 Å². The Hall–Kier alpha value is -2.39. The summed E-state index contributed by atoms with van der Waals surface area (Å²) in [5, 5.41) is 2.04. The van der Waals surface area contributed by atoms with Crippen LogP contribution in [-0.2, 0) is 10.0 Å². The number of amides is 1. The van der Waals surface area contributed by atoms with Crippen LogP contribution in [0.25, 0.3) is 0 Å². The van der Waals surface area contributed by atoms with Gasteiger partial charge in [-0.25, -0.2) is 21.6 Å². The molecule has 0 unspecified atom stereocenters. The zero-order valence-electron chi connectivity index (χ0n) is 14.1. The molecule has 1 amide bonds. The third-order valence-electron chi connectivity index (χ3n) is 3.73. The number of nitrogens with one attached hydrogen (secondary N) is 1. The Labute approximate surface area is 149 Å². The average Bonchev–Trinajstić information content (AvgIpc) is 2.60. The van der Waals surface area contributed by atoms with Gasteiger partial charge in [0.1, 0.15) is 5.82 Å². The smallest absolute Gasteiger partial charge is 0.258 e. The molecule has 1 N–H and O–H groups in total. The maximum atomic E-state index is 14.0. The van der Waals surface area contributed by atoms with Gasteiger partial charge in [-0.3, -0.25) is 4.79 Å². The third kappa shape index (κ3) is 3.88. The van der Waals surface area contributed by atoms with Crippen molar-refractivity contribution in [3.05, 3.63) is 59.4 Å². The Morgan fingerprint density at radius 3 is 2.31 bits per heavy atom. The Morgan fingerprint density at radius 1 is 1.04 bits per heavy atom. The lowest BCUT2D eigenvalue weighted by Gasteiger charge is -2.19. The summed E-state index contributed by atoms with van der Waals surface area (Å²) in [6.45, 7) is 3.69. The number of nitrogens with zero attached hydrogens (tertiary/aromatic N) is 1. The van der Waals surface area contributed by atoms with E-state index in [1.54, 1.807) is 13.8 Å². The van der Waals surface area contributed by atoms with E-state index in [0.717, 1.165) is 34.6 Å². The summed E-state index contributed by atoms with van der Waals surface area (Å²) in [4.78, 5) is 12.0. The van der Waals surface area contributed by atoms with Crippen LogP contribution in [0.15, 0.2) is 41.3 Å². The molecule has 0 aromatic heterocycles. The predicted molar refractivity (Wildman–Crippen MR) is 90.8 cm³/mol. The van der Waals surface area contributed by atoms with Crippen molar-refractivity contribution in [2.24, 2.45) is 0 Å². The lowest BCUT2D eigenvalue weighted by atomic mass is 10.2. The van der Waals surface area contributed by atoms with Crippen LogP contribution in [0.4, 0.5) is 18.9 Å². The number of anilines is 1. The number of rotatable bonds is 6. The molecule has 26 heavy (non-hydrogen) atoms. The first kappa shape index (κ1) is 19.9. The molecule has 0 bridgehead atoms. The average molecular weight is 386 g/mol. The van der Waals surface area contributed by atoms with Crippen molar-refractivity contribution < 1.29 is 26.4 Å². The Morgan fingerprint density at radius 2 is 1.69 bits per heavy atom. The fourth-order valence-electron chi connectivity index (χ4n) is 2.34. The van der Waals surface area contributed by atoms with Crippen molar-refractivity contribution in [1.29, 1.82) is 0 Å². The normalized spacial score (nSPS) is 11.6. The molecule has 2 aromatic carbocycles. The van der Waals surface area contributed by atoms with E-state index in [1.165, 1.54) is 6.07 Å². The van der Waals surface area contributed by atoms with Gasteiger partial charge in [0, 0.05) is 13.1 Å². The standard InChI is InChI=1S/C17H17F3N2O3S/c1-3-22(4-2)26(24,25)11-8-9-13(18)12(10-11)17(23)21-15-7-5-6-14(19)16(15)20/h5-10H,3-4H2,1-2H3,(H,21,23). The lowest BCUT2D eigenvalue weighted by Crippen LogP contribution is -2.31. The highest BCUT2D eigenvalue weighted by molar-refractivity contribution is 7.89. The van der Waals surface area contributed by atoms with E-state index in [9.17, 15) is 26.4 Å². The number of hydrogen-bond acceptors (Lipinski definition) is 3. The monoisotopic (exact) mass is 386 g/mol. The van der Waals surface area contributed by atoms with Gasteiger partial charge in [0.25, 0.3) is 5.91 Å². The van der Waals surface area contributed by atoms with Crippen molar-refractivity contribution >= 4 is 21.6 Å². The molecule has 2 rings (SSSR count).